The highest BCUT2D eigenvalue weighted by Crippen LogP contribution is 2.17. The second kappa shape index (κ2) is 7.85. The van der Waals surface area contributed by atoms with E-state index in [0.717, 1.165) is 12.8 Å². The summed E-state index contributed by atoms with van der Waals surface area (Å²) in [6.07, 6.45) is 2.10. The van der Waals surface area contributed by atoms with Crippen LogP contribution in [0.15, 0.2) is 30.3 Å². The molecule has 0 aliphatic heterocycles. The van der Waals surface area contributed by atoms with Gasteiger partial charge in [-0.15, -0.1) is 0 Å². The Labute approximate surface area is 103 Å². The lowest BCUT2D eigenvalue weighted by atomic mass is 10.0. The van der Waals surface area contributed by atoms with Crippen molar-refractivity contribution < 1.29 is 9.53 Å². The molecule has 0 bridgehead atoms. The second-order valence-electron chi connectivity index (χ2n) is 3.94. The molecular formula is C14H21NO2. The van der Waals surface area contributed by atoms with Crippen LogP contribution in [0.3, 0.4) is 0 Å². The highest BCUT2D eigenvalue weighted by molar-refractivity contribution is 5.71. The summed E-state index contributed by atoms with van der Waals surface area (Å²) in [5.41, 5.74) is 1.22. The fourth-order valence-electron chi connectivity index (χ4n) is 1.78. The van der Waals surface area contributed by atoms with Crippen LogP contribution in [-0.2, 0) is 9.53 Å². The number of carbonyl (C=O) groups is 1. The Kier molecular flexibility index (Phi) is 6.33. The number of nitrogens with one attached hydrogen (secondary N) is 1. The molecule has 0 spiro atoms. The van der Waals surface area contributed by atoms with Gasteiger partial charge in [0, 0.05) is 6.04 Å². The Morgan fingerprint density at radius 1 is 1.29 bits per heavy atom. The lowest BCUT2D eigenvalue weighted by Crippen LogP contribution is -2.28. The first-order valence-electron chi connectivity index (χ1n) is 6.21. The number of rotatable bonds is 7. The summed E-state index contributed by atoms with van der Waals surface area (Å²) in [5, 5.41) is 3.25. The molecule has 0 saturated heterocycles. The smallest absolute Gasteiger partial charge is 0.319 e. The number of hydrogen-bond acceptors (Lipinski definition) is 3. The molecule has 94 valence electrons. The number of esters is 1. The van der Waals surface area contributed by atoms with Crippen molar-refractivity contribution in [2.24, 2.45) is 0 Å². The highest BCUT2D eigenvalue weighted by atomic mass is 16.5. The molecule has 1 unspecified atom stereocenters. The molecule has 1 rings (SSSR count). The summed E-state index contributed by atoms with van der Waals surface area (Å²) in [4.78, 5) is 11.3. The summed E-state index contributed by atoms with van der Waals surface area (Å²) in [6.45, 7) is 4.66. The minimum atomic E-state index is -0.190. The molecule has 0 fully saturated rings. The van der Waals surface area contributed by atoms with Gasteiger partial charge in [-0.3, -0.25) is 4.79 Å². The zero-order valence-electron chi connectivity index (χ0n) is 10.6. The van der Waals surface area contributed by atoms with Crippen molar-refractivity contribution in [2.75, 3.05) is 13.2 Å². The lowest BCUT2D eigenvalue weighted by Gasteiger charge is -2.17. The Balaban J connectivity index is 2.52. The van der Waals surface area contributed by atoms with Gasteiger partial charge in [-0.1, -0.05) is 43.7 Å². The Hall–Kier alpha value is -1.35. The molecule has 1 atom stereocenters. The molecule has 1 aromatic carbocycles. The van der Waals surface area contributed by atoms with Gasteiger partial charge in [0.2, 0.25) is 0 Å². The molecule has 0 aliphatic rings. The van der Waals surface area contributed by atoms with Gasteiger partial charge >= 0.3 is 5.97 Å². The van der Waals surface area contributed by atoms with Crippen LogP contribution < -0.4 is 5.32 Å². The Morgan fingerprint density at radius 2 is 2.00 bits per heavy atom. The standard InChI is InChI=1S/C14H21NO2/c1-3-8-13(12-9-6-5-7-10-12)15-11-14(16)17-4-2/h5-7,9-10,13,15H,3-4,8,11H2,1-2H3. The highest BCUT2D eigenvalue weighted by Gasteiger charge is 2.11. The quantitative estimate of drug-likeness (QED) is 0.738. The van der Waals surface area contributed by atoms with E-state index in [0.29, 0.717) is 6.61 Å². The van der Waals surface area contributed by atoms with Crippen LogP contribution in [-0.4, -0.2) is 19.1 Å². The van der Waals surface area contributed by atoms with Gasteiger partial charge in [-0.2, -0.15) is 0 Å². The molecule has 3 nitrogen and oxygen atoms in total. The van der Waals surface area contributed by atoms with Crippen molar-refractivity contribution in [3.63, 3.8) is 0 Å². The van der Waals surface area contributed by atoms with Crippen LogP contribution in [0.25, 0.3) is 0 Å². The van der Waals surface area contributed by atoms with Crippen LogP contribution in [0.1, 0.15) is 38.3 Å². The average molecular weight is 235 g/mol. The van der Waals surface area contributed by atoms with E-state index < -0.39 is 0 Å². The third-order valence-corrected chi connectivity index (χ3v) is 2.58. The topological polar surface area (TPSA) is 38.3 Å². The minimum Gasteiger partial charge on any atom is -0.465 e. The summed E-state index contributed by atoms with van der Waals surface area (Å²) >= 11 is 0. The number of carbonyl (C=O) groups excluding carboxylic acids is 1. The molecular weight excluding hydrogens is 214 g/mol. The molecule has 0 radical (unpaired) electrons. The molecule has 0 heterocycles. The summed E-state index contributed by atoms with van der Waals surface area (Å²) < 4.78 is 4.90. The summed E-state index contributed by atoms with van der Waals surface area (Å²) in [6, 6.07) is 10.4. The van der Waals surface area contributed by atoms with Crippen LogP contribution in [0.4, 0.5) is 0 Å². The fraction of sp³-hybridized carbons (Fsp3) is 0.500. The lowest BCUT2D eigenvalue weighted by molar-refractivity contribution is -0.142. The molecule has 3 heteroatoms. The predicted octanol–water partition coefficient (Wildman–Crippen LogP) is 2.68. The van der Waals surface area contributed by atoms with Crippen molar-refractivity contribution in [1.29, 1.82) is 0 Å². The number of benzene rings is 1. The molecule has 0 saturated carbocycles. The normalized spacial score (nSPS) is 12.1. The van der Waals surface area contributed by atoms with E-state index in [1.165, 1.54) is 5.56 Å². The zero-order chi connectivity index (χ0) is 12.5. The predicted molar refractivity (Wildman–Crippen MR) is 68.7 cm³/mol. The third-order valence-electron chi connectivity index (χ3n) is 2.58. The van der Waals surface area contributed by atoms with Crippen LogP contribution in [0.2, 0.25) is 0 Å². The number of hydrogen-bond donors (Lipinski definition) is 1. The largest absolute Gasteiger partial charge is 0.465 e. The number of ether oxygens (including phenoxy) is 1. The maximum Gasteiger partial charge on any atom is 0.319 e. The van der Waals surface area contributed by atoms with Gasteiger partial charge in [-0.05, 0) is 18.9 Å². The maximum absolute atomic E-state index is 11.3. The Bertz CT molecular complexity index is 324. The van der Waals surface area contributed by atoms with Crippen molar-refractivity contribution in [3.05, 3.63) is 35.9 Å². The molecule has 0 aliphatic carbocycles. The zero-order valence-corrected chi connectivity index (χ0v) is 10.6. The molecule has 0 aromatic heterocycles. The second-order valence-corrected chi connectivity index (χ2v) is 3.94. The van der Waals surface area contributed by atoms with E-state index in [2.05, 4.69) is 24.4 Å². The van der Waals surface area contributed by atoms with E-state index in [1.807, 2.05) is 25.1 Å². The molecule has 17 heavy (non-hydrogen) atoms. The van der Waals surface area contributed by atoms with E-state index in [-0.39, 0.29) is 18.6 Å². The van der Waals surface area contributed by atoms with Crippen LogP contribution >= 0.6 is 0 Å². The van der Waals surface area contributed by atoms with E-state index in [1.54, 1.807) is 0 Å². The summed E-state index contributed by atoms with van der Waals surface area (Å²) in [5.74, 6) is -0.190. The van der Waals surface area contributed by atoms with Crippen molar-refractivity contribution >= 4 is 5.97 Å². The average Bonchev–Trinajstić information content (AvgIpc) is 2.36. The molecule has 1 aromatic rings. The van der Waals surface area contributed by atoms with E-state index >= 15 is 0 Å². The third kappa shape index (κ3) is 5.00. The van der Waals surface area contributed by atoms with Gasteiger partial charge in [0.1, 0.15) is 0 Å². The van der Waals surface area contributed by atoms with Gasteiger partial charge in [-0.25, -0.2) is 0 Å². The van der Waals surface area contributed by atoms with Gasteiger partial charge < -0.3 is 10.1 Å². The van der Waals surface area contributed by atoms with Gasteiger partial charge in [0.15, 0.2) is 0 Å². The van der Waals surface area contributed by atoms with Crippen molar-refractivity contribution in [3.8, 4) is 0 Å². The molecule has 0 amide bonds. The fourth-order valence-corrected chi connectivity index (χ4v) is 1.78. The van der Waals surface area contributed by atoms with Crippen LogP contribution in [0, 0.1) is 0 Å². The van der Waals surface area contributed by atoms with Crippen LogP contribution in [0.5, 0.6) is 0 Å². The van der Waals surface area contributed by atoms with Gasteiger partial charge in [0.25, 0.3) is 0 Å². The van der Waals surface area contributed by atoms with Gasteiger partial charge in [0.05, 0.1) is 13.2 Å². The first-order valence-corrected chi connectivity index (χ1v) is 6.21. The maximum atomic E-state index is 11.3. The first kappa shape index (κ1) is 13.7. The Morgan fingerprint density at radius 3 is 2.59 bits per heavy atom. The van der Waals surface area contributed by atoms with Crippen molar-refractivity contribution in [1.82, 2.24) is 5.32 Å². The van der Waals surface area contributed by atoms with E-state index in [9.17, 15) is 4.79 Å². The molecule has 1 N–H and O–H groups in total. The van der Waals surface area contributed by atoms with Crippen molar-refractivity contribution in [2.45, 2.75) is 32.7 Å². The van der Waals surface area contributed by atoms with E-state index in [4.69, 9.17) is 4.74 Å². The SMILES string of the molecule is CCCC(NCC(=O)OCC)c1ccccc1. The first-order chi connectivity index (χ1) is 8.27. The summed E-state index contributed by atoms with van der Waals surface area (Å²) in [7, 11) is 0. The monoisotopic (exact) mass is 235 g/mol. The minimum absolute atomic E-state index is 0.190.